The van der Waals surface area contributed by atoms with E-state index in [-0.39, 0.29) is 5.91 Å². The third-order valence-corrected chi connectivity index (χ3v) is 3.75. The molecule has 0 aliphatic heterocycles. The maximum Gasteiger partial charge on any atom is 0.253 e. The number of benzene rings is 2. The van der Waals surface area contributed by atoms with Gasteiger partial charge in [-0.05, 0) is 29.3 Å². The fraction of sp³-hybridized carbons (Fsp3) is 0.158. The quantitative estimate of drug-likeness (QED) is 0.741. The number of nitrogens with zero attached hydrogens (tertiary/aromatic N) is 3. The van der Waals surface area contributed by atoms with Crippen LogP contribution in [0, 0.1) is 0 Å². The number of carbonyl (C=O) groups excluding carboxylic acids is 1. The summed E-state index contributed by atoms with van der Waals surface area (Å²) in [4.78, 5) is 14.2. The highest BCUT2D eigenvalue weighted by Gasteiger charge is 2.13. The maximum atomic E-state index is 12.5. The molecule has 0 unspecified atom stereocenters. The van der Waals surface area contributed by atoms with Gasteiger partial charge in [-0.1, -0.05) is 42.5 Å². The molecular weight excluding hydrogens is 286 g/mol. The monoisotopic (exact) mass is 305 g/mol. The van der Waals surface area contributed by atoms with Crippen molar-refractivity contribution < 1.29 is 4.79 Å². The Bertz CT molecular complexity index is 791. The van der Waals surface area contributed by atoms with Crippen molar-refractivity contribution in [2.75, 3.05) is 7.05 Å². The van der Waals surface area contributed by atoms with E-state index in [4.69, 9.17) is 0 Å². The first-order chi connectivity index (χ1) is 11.1. The Hall–Kier alpha value is -2.88. The smallest absolute Gasteiger partial charge is 0.253 e. The van der Waals surface area contributed by atoms with Crippen molar-refractivity contribution in [1.29, 1.82) is 0 Å². The Morgan fingerprint density at radius 1 is 1.00 bits per heavy atom. The average molecular weight is 305 g/mol. The van der Waals surface area contributed by atoms with E-state index in [1.165, 1.54) is 0 Å². The highest BCUT2D eigenvalue weighted by molar-refractivity contribution is 5.94. The van der Waals surface area contributed by atoms with Gasteiger partial charge in [0.15, 0.2) is 0 Å². The maximum absolute atomic E-state index is 12.5. The fourth-order valence-electron chi connectivity index (χ4n) is 2.52. The van der Waals surface area contributed by atoms with Gasteiger partial charge in [0, 0.05) is 25.9 Å². The molecule has 3 aromatic rings. The van der Waals surface area contributed by atoms with Crippen LogP contribution in [-0.4, -0.2) is 27.6 Å². The normalized spacial score (nSPS) is 10.5. The molecule has 0 aliphatic carbocycles. The molecule has 1 amide bonds. The van der Waals surface area contributed by atoms with Gasteiger partial charge in [0.1, 0.15) is 0 Å². The first kappa shape index (κ1) is 15.0. The zero-order valence-electron chi connectivity index (χ0n) is 13.3. The van der Waals surface area contributed by atoms with E-state index in [9.17, 15) is 4.79 Å². The predicted molar refractivity (Wildman–Crippen MR) is 90.9 cm³/mol. The average Bonchev–Trinajstić information content (AvgIpc) is 3.00. The lowest BCUT2D eigenvalue weighted by atomic mass is 10.0. The zero-order valence-corrected chi connectivity index (χ0v) is 13.3. The van der Waals surface area contributed by atoms with E-state index in [1.54, 1.807) is 16.6 Å². The third-order valence-electron chi connectivity index (χ3n) is 3.75. The lowest BCUT2D eigenvalue weighted by molar-refractivity contribution is 0.0783. The van der Waals surface area contributed by atoms with Crippen LogP contribution in [0.5, 0.6) is 0 Å². The Labute approximate surface area is 136 Å². The Morgan fingerprint density at radius 2 is 1.65 bits per heavy atom. The summed E-state index contributed by atoms with van der Waals surface area (Å²) in [6.45, 7) is 0.500. The minimum atomic E-state index is -0.00438. The van der Waals surface area contributed by atoms with Gasteiger partial charge in [-0.3, -0.25) is 9.48 Å². The van der Waals surface area contributed by atoms with Crippen LogP contribution in [0.15, 0.2) is 66.9 Å². The minimum Gasteiger partial charge on any atom is -0.336 e. The van der Waals surface area contributed by atoms with Gasteiger partial charge in [-0.15, -0.1) is 0 Å². The Morgan fingerprint density at radius 3 is 2.26 bits per heavy atom. The predicted octanol–water partition coefficient (Wildman–Crippen LogP) is 3.36. The van der Waals surface area contributed by atoms with E-state index in [0.29, 0.717) is 12.1 Å². The van der Waals surface area contributed by atoms with Crippen molar-refractivity contribution in [3.63, 3.8) is 0 Å². The number of amides is 1. The van der Waals surface area contributed by atoms with Crippen molar-refractivity contribution in [3.8, 4) is 11.1 Å². The van der Waals surface area contributed by atoms with Crippen LogP contribution in [0.25, 0.3) is 11.1 Å². The minimum absolute atomic E-state index is 0.00438. The largest absolute Gasteiger partial charge is 0.336 e. The molecule has 0 spiro atoms. The van der Waals surface area contributed by atoms with Crippen LogP contribution in [0.1, 0.15) is 16.1 Å². The molecule has 0 saturated heterocycles. The first-order valence-electron chi connectivity index (χ1n) is 7.53. The molecule has 0 atom stereocenters. The summed E-state index contributed by atoms with van der Waals surface area (Å²) >= 11 is 0. The summed E-state index contributed by atoms with van der Waals surface area (Å²) in [7, 11) is 3.66. The van der Waals surface area contributed by atoms with Crippen molar-refractivity contribution in [3.05, 3.63) is 78.1 Å². The van der Waals surface area contributed by atoms with Gasteiger partial charge in [-0.25, -0.2) is 0 Å². The molecular formula is C19H19N3O. The number of hydrogen-bond acceptors (Lipinski definition) is 2. The van der Waals surface area contributed by atoms with Crippen LogP contribution in [0.2, 0.25) is 0 Å². The van der Waals surface area contributed by atoms with E-state index in [1.807, 2.05) is 61.8 Å². The topological polar surface area (TPSA) is 38.1 Å². The van der Waals surface area contributed by atoms with Crippen LogP contribution >= 0.6 is 0 Å². The van der Waals surface area contributed by atoms with Gasteiger partial charge in [-0.2, -0.15) is 5.10 Å². The summed E-state index contributed by atoms with van der Waals surface area (Å²) in [5, 5.41) is 4.30. The van der Waals surface area contributed by atoms with Gasteiger partial charge in [0.05, 0.1) is 12.2 Å². The Balaban J connectivity index is 1.72. The second kappa shape index (κ2) is 6.48. The van der Waals surface area contributed by atoms with E-state index in [2.05, 4.69) is 17.2 Å². The number of carbonyl (C=O) groups is 1. The summed E-state index contributed by atoms with van der Waals surface area (Å²) in [6.07, 6.45) is 1.88. The van der Waals surface area contributed by atoms with Crippen molar-refractivity contribution >= 4 is 5.91 Å². The molecule has 0 fully saturated rings. The second-order valence-corrected chi connectivity index (χ2v) is 5.59. The van der Waals surface area contributed by atoms with Gasteiger partial charge in [0.25, 0.3) is 5.91 Å². The summed E-state index contributed by atoms with van der Waals surface area (Å²) in [5.41, 5.74) is 3.82. The third kappa shape index (κ3) is 3.48. The van der Waals surface area contributed by atoms with Gasteiger partial charge in [0.2, 0.25) is 0 Å². The van der Waals surface area contributed by atoms with E-state index >= 15 is 0 Å². The van der Waals surface area contributed by atoms with E-state index < -0.39 is 0 Å². The molecule has 0 N–H and O–H groups in total. The van der Waals surface area contributed by atoms with Crippen LogP contribution in [0.3, 0.4) is 0 Å². The number of aromatic nitrogens is 2. The fourth-order valence-corrected chi connectivity index (χ4v) is 2.52. The highest BCUT2D eigenvalue weighted by Crippen LogP contribution is 2.19. The first-order valence-corrected chi connectivity index (χ1v) is 7.53. The molecule has 1 heterocycles. The van der Waals surface area contributed by atoms with Crippen molar-refractivity contribution in [2.24, 2.45) is 7.05 Å². The molecule has 0 saturated carbocycles. The molecule has 0 bridgehead atoms. The number of aryl methyl sites for hydroxylation is 1. The summed E-state index contributed by atoms with van der Waals surface area (Å²) in [6, 6.07) is 19.8. The van der Waals surface area contributed by atoms with Gasteiger partial charge >= 0.3 is 0 Å². The lowest BCUT2D eigenvalue weighted by Gasteiger charge is -2.16. The molecule has 116 valence electrons. The second-order valence-electron chi connectivity index (χ2n) is 5.59. The molecule has 23 heavy (non-hydrogen) atoms. The number of rotatable bonds is 4. The van der Waals surface area contributed by atoms with Crippen molar-refractivity contribution in [1.82, 2.24) is 14.7 Å². The molecule has 0 radical (unpaired) electrons. The lowest BCUT2D eigenvalue weighted by Crippen LogP contribution is -2.26. The van der Waals surface area contributed by atoms with Crippen LogP contribution < -0.4 is 0 Å². The summed E-state index contributed by atoms with van der Waals surface area (Å²) < 4.78 is 1.74. The SMILES string of the molecule is CN(Cc1ccn(C)n1)C(=O)c1ccc(-c2ccccc2)cc1. The molecule has 4 heteroatoms. The zero-order chi connectivity index (χ0) is 16.2. The van der Waals surface area contributed by atoms with E-state index in [0.717, 1.165) is 16.8 Å². The summed E-state index contributed by atoms with van der Waals surface area (Å²) in [5.74, 6) is -0.00438. The highest BCUT2D eigenvalue weighted by atomic mass is 16.2. The molecule has 3 rings (SSSR count). The van der Waals surface area contributed by atoms with Crippen LogP contribution in [0.4, 0.5) is 0 Å². The standard InChI is InChI=1S/C19H19N3O/c1-21(14-18-12-13-22(2)20-18)19(23)17-10-8-16(9-11-17)15-6-4-3-5-7-15/h3-13H,14H2,1-2H3. The van der Waals surface area contributed by atoms with Crippen molar-refractivity contribution in [2.45, 2.75) is 6.54 Å². The molecule has 0 aliphatic rings. The molecule has 4 nitrogen and oxygen atoms in total. The Kier molecular flexibility index (Phi) is 4.24. The van der Waals surface area contributed by atoms with Gasteiger partial charge < -0.3 is 4.90 Å². The molecule has 2 aromatic carbocycles. The number of hydrogen-bond donors (Lipinski definition) is 0. The molecule has 1 aromatic heterocycles. The van der Waals surface area contributed by atoms with Crippen LogP contribution in [-0.2, 0) is 13.6 Å².